The summed E-state index contributed by atoms with van der Waals surface area (Å²) in [6.07, 6.45) is 7.86. The number of rotatable bonds is 4. The van der Waals surface area contributed by atoms with E-state index in [0.29, 0.717) is 18.0 Å². The van der Waals surface area contributed by atoms with Gasteiger partial charge in [0.15, 0.2) is 0 Å². The quantitative estimate of drug-likeness (QED) is 0.601. The van der Waals surface area contributed by atoms with Crippen molar-refractivity contribution in [1.29, 1.82) is 0 Å². The number of carbonyl (C=O) groups is 1. The molecule has 1 amide bonds. The molecule has 3 aliphatic heterocycles. The van der Waals surface area contributed by atoms with Gasteiger partial charge in [0, 0.05) is 54.4 Å². The highest BCUT2D eigenvalue weighted by atomic mass is 35.5. The topological polar surface area (TPSA) is 40.9 Å². The smallest absolute Gasteiger partial charge is 0.226 e. The van der Waals surface area contributed by atoms with E-state index in [-0.39, 0.29) is 5.92 Å². The van der Waals surface area contributed by atoms with Gasteiger partial charge >= 0.3 is 0 Å². The van der Waals surface area contributed by atoms with Crippen molar-refractivity contribution >= 4 is 23.2 Å². The zero-order chi connectivity index (χ0) is 20.9. The van der Waals surface area contributed by atoms with Crippen molar-refractivity contribution in [3.05, 3.63) is 59.4 Å². The third-order valence-electron chi connectivity index (χ3n) is 7.35. The van der Waals surface area contributed by atoms with Crippen LogP contribution >= 0.6 is 11.6 Å². The first-order valence-corrected chi connectivity index (χ1v) is 11.8. The summed E-state index contributed by atoms with van der Waals surface area (Å²) in [5.41, 5.74) is 4.26. The fourth-order valence-electron chi connectivity index (χ4n) is 5.82. The number of pyridine rings is 1. The van der Waals surface area contributed by atoms with E-state index in [1.165, 1.54) is 18.5 Å². The molecule has 1 saturated carbocycles. The highest BCUT2D eigenvalue weighted by Crippen LogP contribution is 2.38. The first-order valence-electron chi connectivity index (χ1n) is 11.4. The first kappa shape index (κ1) is 19.3. The van der Waals surface area contributed by atoms with E-state index in [2.05, 4.69) is 32.5 Å². The monoisotopic (exact) mass is 434 g/mol. The highest BCUT2D eigenvalue weighted by Gasteiger charge is 2.48. The number of piperazine rings is 1. The summed E-state index contributed by atoms with van der Waals surface area (Å²) in [5, 5.41) is 0.734. The number of aromatic nitrogens is 2. The Labute approximate surface area is 187 Å². The van der Waals surface area contributed by atoms with E-state index in [4.69, 9.17) is 16.6 Å². The first-order chi connectivity index (χ1) is 15.2. The molecular formula is C25H27ClN4O. The second kappa shape index (κ2) is 7.64. The number of carbonyl (C=O) groups excluding carboxylic acids is 1. The lowest BCUT2D eigenvalue weighted by Crippen LogP contribution is -2.70. The van der Waals surface area contributed by atoms with Gasteiger partial charge in [-0.25, -0.2) is 4.98 Å². The molecule has 2 unspecified atom stereocenters. The molecule has 4 fully saturated rings. The van der Waals surface area contributed by atoms with Gasteiger partial charge in [-0.2, -0.15) is 0 Å². The Morgan fingerprint density at radius 2 is 1.77 bits per heavy atom. The van der Waals surface area contributed by atoms with E-state index in [1.807, 2.05) is 30.3 Å². The molecule has 31 heavy (non-hydrogen) atoms. The van der Waals surface area contributed by atoms with Crippen molar-refractivity contribution in [3.63, 3.8) is 0 Å². The molecule has 3 saturated heterocycles. The van der Waals surface area contributed by atoms with E-state index >= 15 is 0 Å². The molecule has 6 heteroatoms. The lowest BCUT2D eigenvalue weighted by atomic mass is 9.85. The Kier molecular flexibility index (Phi) is 4.77. The van der Waals surface area contributed by atoms with Gasteiger partial charge in [0.2, 0.25) is 5.91 Å². The van der Waals surface area contributed by atoms with Gasteiger partial charge in [-0.3, -0.25) is 9.69 Å². The number of nitrogens with zero attached hydrogens (tertiary/aromatic N) is 4. The molecule has 0 spiro atoms. The predicted octanol–water partition coefficient (Wildman–Crippen LogP) is 4.63. The van der Waals surface area contributed by atoms with Crippen molar-refractivity contribution in [1.82, 2.24) is 19.2 Å². The number of imidazole rings is 1. The van der Waals surface area contributed by atoms with Crippen LogP contribution in [-0.4, -0.2) is 50.3 Å². The van der Waals surface area contributed by atoms with E-state index in [0.717, 1.165) is 60.8 Å². The third kappa shape index (κ3) is 3.35. The lowest BCUT2D eigenvalue weighted by molar-refractivity contribution is -0.158. The number of hydrogen-bond acceptors (Lipinski definition) is 3. The second-order valence-electron chi connectivity index (χ2n) is 9.31. The molecule has 0 radical (unpaired) electrons. The maximum absolute atomic E-state index is 13.0. The maximum Gasteiger partial charge on any atom is 0.226 e. The molecule has 2 bridgehead atoms. The molecule has 5 heterocycles. The van der Waals surface area contributed by atoms with E-state index in [1.54, 1.807) is 0 Å². The van der Waals surface area contributed by atoms with Crippen LogP contribution in [0.3, 0.4) is 0 Å². The van der Waals surface area contributed by atoms with Crippen LogP contribution in [0.4, 0.5) is 0 Å². The fraction of sp³-hybridized carbons (Fsp3) is 0.440. The van der Waals surface area contributed by atoms with E-state index in [9.17, 15) is 4.79 Å². The summed E-state index contributed by atoms with van der Waals surface area (Å²) in [6.45, 7) is 2.74. The van der Waals surface area contributed by atoms with Gasteiger partial charge < -0.3 is 9.30 Å². The SMILES string of the molecule is O=C(C1CCCC1)N1C2CC1CN(Cc1c(-c3ccc(Cl)cc3)nc3ccccn13)C2. The van der Waals surface area contributed by atoms with Crippen molar-refractivity contribution in [2.45, 2.75) is 50.7 Å². The zero-order valence-corrected chi connectivity index (χ0v) is 18.3. The molecule has 1 aliphatic carbocycles. The number of fused-ring (bicyclic) bond motifs is 3. The average Bonchev–Trinajstić information content (AvgIpc) is 3.43. The molecule has 2 aromatic heterocycles. The summed E-state index contributed by atoms with van der Waals surface area (Å²) in [5.74, 6) is 0.710. The van der Waals surface area contributed by atoms with Crippen LogP contribution in [0.5, 0.6) is 0 Å². The number of benzene rings is 1. The Hall–Kier alpha value is -2.37. The van der Waals surface area contributed by atoms with Crippen LogP contribution in [0, 0.1) is 5.92 Å². The van der Waals surface area contributed by atoms with E-state index < -0.39 is 0 Å². The number of amides is 1. The summed E-state index contributed by atoms with van der Waals surface area (Å²) in [4.78, 5) is 22.7. The minimum absolute atomic E-state index is 0.284. The number of hydrogen-bond donors (Lipinski definition) is 0. The van der Waals surface area contributed by atoms with Crippen LogP contribution < -0.4 is 0 Å². The maximum atomic E-state index is 13.0. The van der Waals surface area contributed by atoms with Crippen molar-refractivity contribution in [2.24, 2.45) is 5.92 Å². The van der Waals surface area contributed by atoms with Gasteiger partial charge in [0.25, 0.3) is 0 Å². The Bertz CT molecular complexity index is 1110. The number of halogens is 1. The molecule has 2 atom stereocenters. The van der Waals surface area contributed by atoms with Crippen molar-refractivity contribution in [2.75, 3.05) is 13.1 Å². The highest BCUT2D eigenvalue weighted by molar-refractivity contribution is 6.30. The van der Waals surface area contributed by atoms with Gasteiger partial charge in [-0.05, 0) is 43.5 Å². The van der Waals surface area contributed by atoms with Crippen molar-refractivity contribution in [3.8, 4) is 11.3 Å². The van der Waals surface area contributed by atoms with Crippen LogP contribution in [0.2, 0.25) is 5.02 Å². The van der Waals surface area contributed by atoms with Crippen molar-refractivity contribution < 1.29 is 4.79 Å². The third-order valence-corrected chi connectivity index (χ3v) is 7.60. The minimum atomic E-state index is 0.284. The molecule has 4 aliphatic rings. The standard InChI is InChI=1S/C25H27ClN4O/c26-19-10-8-17(9-11-19)24-22(29-12-4-3-7-23(29)27-24)16-28-14-20-13-21(15-28)30(20)25(31)18-5-1-2-6-18/h3-4,7-12,18,20-21H,1-2,5-6,13-16H2. The van der Waals surface area contributed by atoms with Gasteiger partial charge in [-0.15, -0.1) is 0 Å². The summed E-state index contributed by atoms with van der Waals surface area (Å²) < 4.78 is 2.20. The summed E-state index contributed by atoms with van der Waals surface area (Å²) >= 11 is 6.11. The molecule has 0 N–H and O–H groups in total. The van der Waals surface area contributed by atoms with Crippen LogP contribution in [0.1, 0.15) is 37.8 Å². The summed E-state index contributed by atoms with van der Waals surface area (Å²) in [6, 6.07) is 14.8. The molecular weight excluding hydrogens is 408 g/mol. The van der Waals surface area contributed by atoms with Gasteiger partial charge in [-0.1, -0.05) is 42.6 Å². The minimum Gasteiger partial charge on any atom is -0.334 e. The zero-order valence-electron chi connectivity index (χ0n) is 17.6. The number of piperidine rings is 1. The normalized spacial score (nSPS) is 24.0. The molecule has 160 valence electrons. The lowest BCUT2D eigenvalue weighted by Gasteiger charge is -2.57. The Morgan fingerprint density at radius 3 is 2.52 bits per heavy atom. The predicted molar refractivity (Wildman–Crippen MR) is 122 cm³/mol. The molecule has 3 aromatic rings. The fourth-order valence-corrected chi connectivity index (χ4v) is 5.94. The van der Waals surface area contributed by atoms with Crippen LogP contribution in [-0.2, 0) is 11.3 Å². The largest absolute Gasteiger partial charge is 0.334 e. The Balaban J connectivity index is 1.25. The molecule has 7 rings (SSSR count). The Morgan fingerprint density at radius 1 is 1.03 bits per heavy atom. The second-order valence-corrected chi connectivity index (χ2v) is 9.74. The summed E-state index contributed by atoms with van der Waals surface area (Å²) in [7, 11) is 0. The van der Waals surface area contributed by atoms with Gasteiger partial charge in [0.05, 0.1) is 11.4 Å². The molecule has 1 aromatic carbocycles. The average molecular weight is 435 g/mol. The van der Waals surface area contributed by atoms with Gasteiger partial charge in [0.1, 0.15) is 5.65 Å². The van der Waals surface area contributed by atoms with Crippen LogP contribution in [0.25, 0.3) is 16.9 Å². The molecule has 5 nitrogen and oxygen atoms in total. The van der Waals surface area contributed by atoms with Crippen LogP contribution in [0.15, 0.2) is 48.7 Å².